The van der Waals surface area contributed by atoms with E-state index >= 15 is 0 Å². The second-order valence-electron chi connectivity index (χ2n) is 4.93. The molecule has 1 heterocycles. The fourth-order valence-corrected chi connectivity index (χ4v) is 6.02. The SMILES string of the molecule is CCO/C(C)=C1\C(=O)N(c2ccc(Cl)cc2)C1(SCC)SCC. The lowest BCUT2D eigenvalue weighted by Gasteiger charge is -2.52. The van der Waals surface area contributed by atoms with Crippen molar-refractivity contribution in [3.63, 3.8) is 0 Å². The van der Waals surface area contributed by atoms with E-state index in [1.54, 1.807) is 23.5 Å². The maximum Gasteiger partial charge on any atom is 0.263 e. The highest BCUT2D eigenvalue weighted by atomic mass is 35.5. The molecule has 0 N–H and O–H groups in total. The Morgan fingerprint density at radius 1 is 1.17 bits per heavy atom. The van der Waals surface area contributed by atoms with Gasteiger partial charge < -0.3 is 4.74 Å². The third-order valence-electron chi connectivity index (χ3n) is 3.50. The van der Waals surface area contributed by atoms with Gasteiger partial charge in [-0.05, 0) is 49.6 Å². The Labute approximate surface area is 151 Å². The van der Waals surface area contributed by atoms with Gasteiger partial charge in [0.1, 0.15) is 11.3 Å². The molecule has 0 saturated carbocycles. The molecule has 1 aromatic carbocycles. The highest BCUT2D eigenvalue weighted by molar-refractivity contribution is 8.19. The van der Waals surface area contributed by atoms with Crippen LogP contribution >= 0.6 is 35.1 Å². The van der Waals surface area contributed by atoms with E-state index in [1.165, 1.54) is 0 Å². The molecule has 0 spiro atoms. The number of rotatable bonds is 7. The molecule has 1 amide bonds. The van der Waals surface area contributed by atoms with E-state index in [0.717, 1.165) is 28.5 Å². The minimum atomic E-state index is -0.423. The monoisotopic (exact) mass is 371 g/mol. The van der Waals surface area contributed by atoms with Gasteiger partial charge in [-0.1, -0.05) is 25.4 Å². The zero-order valence-electron chi connectivity index (χ0n) is 13.9. The topological polar surface area (TPSA) is 29.5 Å². The van der Waals surface area contributed by atoms with Gasteiger partial charge in [-0.3, -0.25) is 9.69 Å². The lowest BCUT2D eigenvalue weighted by Crippen LogP contribution is -2.63. The van der Waals surface area contributed by atoms with E-state index in [0.29, 0.717) is 11.6 Å². The molecule has 0 radical (unpaired) electrons. The third-order valence-corrected chi connectivity index (χ3v) is 6.60. The van der Waals surface area contributed by atoms with Crippen molar-refractivity contribution >= 4 is 46.7 Å². The maximum atomic E-state index is 12.9. The Morgan fingerprint density at radius 2 is 1.74 bits per heavy atom. The molecule has 6 heteroatoms. The fraction of sp³-hybridized carbons (Fsp3) is 0.471. The molecular weight excluding hydrogens is 350 g/mol. The van der Waals surface area contributed by atoms with E-state index in [2.05, 4.69) is 13.8 Å². The van der Waals surface area contributed by atoms with E-state index in [9.17, 15) is 4.79 Å². The molecule has 0 bridgehead atoms. The van der Waals surface area contributed by atoms with Crippen LogP contribution in [0.15, 0.2) is 35.6 Å². The van der Waals surface area contributed by atoms with Crippen molar-refractivity contribution in [1.82, 2.24) is 0 Å². The van der Waals surface area contributed by atoms with Crippen LogP contribution in [0.4, 0.5) is 5.69 Å². The van der Waals surface area contributed by atoms with Crippen LogP contribution in [0.3, 0.4) is 0 Å². The van der Waals surface area contributed by atoms with Gasteiger partial charge in [0.2, 0.25) is 0 Å². The highest BCUT2D eigenvalue weighted by Gasteiger charge is 2.59. The van der Waals surface area contributed by atoms with Crippen LogP contribution in [0.2, 0.25) is 5.02 Å². The quantitative estimate of drug-likeness (QED) is 0.286. The Bertz CT molecular complexity index is 595. The summed E-state index contributed by atoms with van der Waals surface area (Å²) in [5.74, 6) is 2.56. The van der Waals surface area contributed by atoms with Crippen LogP contribution in [0, 0.1) is 0 Å². The van der Waals surface area contributed by atoms with E-state index in [4.69, 9.17) is 16.3 Å². The first-order valence-electron chi connectivity index (χ1n) is 7.74. The summed E-state index contributed by atoms with van der Waals surface area (Å²) in [7, 11) is 0. The minimum Gasteiger partial charge on any atom is -0.498 e. The Hall–Kier alpha value is -0.780. The molecule has 2 rings (SSSR count). The molecule has 0 aliphatic carbocycles. The smallest absolute Gasteiger partial charge is 0.263 e. The van der Waals surface area contributed by atoms with Crippen LogP contribution in [-0.4, -0.2) is 28.2 Å². The fourth-order valence-electron chi connectivity index (χ4n) is 2.68. The number of ether oxygens (including phenoxy) is 1. The molecule has 23 heavy (non-hydrogen) atoms. The van der Waals surface area contributed by atoms with Gasteiger partial charge in [-0.25, -0.2) is 0 Å². The van der Waals surface area contributed by atoms with Gasteiger partial charge in [0.15, 0.2) is 4.20 Å². The first-order valence-corrected chi connectivity index (χ1v) is 10.1. The van der Waals surface area contributed by atoms with Crippen LogP contribution in [-0.2, 0) is 9.53 Å². The molecule has 1 saturated heterocycles. The first kappa shape index (κ1) is 18.6. The van der Waals surface area contributed by atoms with Crippen molar-refractivity contribution in [3.8, 4) is 0 Å². The number of halogens is 1. The van der Waals surface area contributed by atoms with Crippen LogP contribution in [0.25, 0.3) is 0 Å². The summed E-state index contributed by atoms with van der Waals surface area (Å²) in [5, 5.41) is 0.667. The standard InChI is InChI=1S/C17H22ClNO2S2/c1-5-21-12(4)15-16(20)19(14-10-8-13(18)9-11-14)17(15,22-6-2)23-7-3/h8-11H,5-7H2,1-4H3/b15-12+. The lowest BCUT2D eigenvalue weighted by atomic mass is 10.0. The zero-order valence-corrected chi connectivity index (χ0v) is 16.3. The molecule has 0 aromatic heterocycles. The van der Waals surface area contributed by atoms with Gasteiger partial charge in [0.25, 0.3) is 5.91 Å². The number of thioether (sulfide) groups is 2. The van der Waals surface area contributed by atoms with Gasteiger partial charge in [0, 0.05) is 10.7 Å². The highest BCUT2D eigenvalue weighted by Crippen LogP contribution is 2.56. The molecule has 1 aliphatic heterocycles. The predicted octanol–water partition coefficient (Wildman–Crippen LogP) is 5.16. The number of β-lactam (4-membered cyclic amide) rings is 1. The lowest BCUT2D eigenvalue weighted by molar-refractivity contribution is -0.118. The number of hydrogen-bond donors (Lipinski definition) is 0. The summed E-state index contributed by atoms with van der Waals surface area (Å²) in [6, 6.07) is 7.43. The Balaban J connectivity index is 2.50. The van der Waals surface area contributed by atoms with Crippen molar-refractivity contribution in [2.75, 3.05) is 23.0 Å². The molecule has 1 aromatic rings. The summed E-state index contributed by atoms with van der Waals surface area (Å²) in [6.45, 7) is 8.61. The van der Waals surface area contributed by atoms with Crippen LogP contribution in [0.5, 0.6) is 0 Å². The predicted molar refractivity (Wildman–Crippen MR) is 102 cm³/mol. The number of carbonyl (C=O) groups excluding carboxylic acids is 1. The average molecular weight is 372 g/mol. The first-order chi connectivity index (χ1) is 11.0. The summed E-state index contributed by atoms with van der Waals surface area (Å²) in [4.78, 5) is 14.7. The number of benzene rings is 1. The zero-order chi connectivity index (χ0) is 17.0. The van der Waals surface area contributed by atoms with Gasteiger partial charge >= 0.3 is 0 Å². The Kier molecular flexibility index (Phi) is 6.34. The summed E-state index contributed by atoms with van der Waals surface area (Å²) >= 11 is 9.51. The number of hydrogen-bond acceptors (Lipinski definition) is 4. The largest absolute Gasteiger partial charge is 0.498 e. The number of allylic oxidation sites excluding steroid dienone is 1. The normalized spacial score (nSPS) is 18.7. The summed E-state index contributed by atoms with van der Waals surface area (Å²) in [5.41, 5.74) is 1.64. The summed E-state index contributed by atoms with van der Waals surface area (Å²) < 4.78 is 5.23. The van der Waals surface area contributed by atoms with E-state index in [1.807, 2.05) is 43.0 Å². The number of carbonyl (C=O) groups is 1. The maximum absolute atomic E-state index is 12.9. The Morgan fingerprint density at radius 3 is 2.22 bits per heavy atom. The van der Waals surface area contributed by atoms with Crippen molar-refractivity contribution in [3.05, 3.63) is 40.6 Å². The molecular formula is C17H22ClNO2S2. The molecule has 1 aliphatic rings. The van der Waals surface area contributed by atoms with Crippen molar-refractivity contribution in [1.29, 1.82) is 0 Å². The van der Waals surface area contributed by atoms with Crippen LogP contribution in [0.1, 0.15) is 27.7 Å². The van der Waals surface area contributed by atoms with Crippen LogP contribution < -0.4 is 4.90 Å². The molecule has 1 fully saturated rings. The number of anilines is 1. The second-order valence-corrected chi connectivity index (χ2v) is 8.54. The second kappa shape index (κ2) is 7.86. The van der Waals surface area contributed by atoms with Gasteiger partial charge in [-0.2, -0.15) is 0 Å². The van der Waals surface area contributed by atoms with Gasteiger partial charge in [0.05, 0.1) is 6.61 Å². The van der Waals surface area contributed by atoms with E-state index < -0.39 is 4.20 Å². The molecule has 126 valence electrons. The number of amides is 1. The third kappa shape index (κ3) is 3.37. The summed E-state index contributed by atoms with van der Waals surface area (Å²) in [6.07, 6.45) is 0. The van der Waals surface area contributed by atoms with Gasteiger partial charge in [-0.15, -0.1) is 23.5 Å². The number of nitrogens with zero attached hydrogens (tertiary/aromatic N) is 1. The average Bonchev–Trinajstić information content (AvgIpc) is 2.50. The van der Waals surface area contributed by atoms with Crippen molar-refractivity contribution < 1.29 is 9.53 Å². The van der Waals surface area contributed by atoms with E-state index in [-0.39, 0.29) is 5.91 Å². The van der Waals surface area contributed by atoms with Crippen molar-refractivity contribution in [2.24, 2.45) is 0 Å². The molecule has 0 atom stereocenters. The molecule has 0 unspecified atom stereocenters. The van der Waals surface area contributed by atoms with Crippen molar-refractivity contribution in [2.45, 2.75) is 31.9 Å². The minimum absolute atomic E-state index is 0.0140. The molecule has 3 nitrogen and oxygen atoms in total.